The first-order valence-electron chi connectivity index (χ1n) is 7.22. The summed E-state index contributed by atoms with van der Waals surface area (Å²) in [5.41, 5.74) is 2.82. The lowest BCUT2D eigenvalue weighted by molar-refractivity contribution is 0.0697. The molecule has 0 unspecified atom stereocenters. The summed E-state index contributed by atoms with van der Waals surface area (Å²) < 4.78 is 1.69. The molecule has 3 rings (SSSR count). The molecule has 3 aromatic rings. The Kier molecular flexibility index (Phi) is 4.06. The first-order chi connectivity index (χ1) is 11.1. The molecule has 0 atom stereocenters. The van der Waals surface area contributed by atoms with Gasteiger partial charge in [-0.2, -0.15) is 0 Å². The van der Waals surface area contributed by atoms with Crippen molar-refractivity contribution in [3.05, 3.63) is 94.3 Å². The molecule has 0 aliphatic carbocycles. The maximum Gasteiger partial charge on any atom is 0.335 e. The van der Waals surface area contributed by atoms with E-state index in [2.05, 4.69) is 0 Å². The Balaban J connectivity index is 2.00. The number of benzene rings is 2. The molecule has 0 fully saturated rings. The van der Waals surface area contributed by atoms with Gasteiger partial charge >= 0.3 is 5.97 Å². The van der Waals surface area contributed by atoms with Crippen LogP contribution in [0.4, 0.5) is 0 Å². The van der Waals surface area contributed by atoms with Gasteiger partial charge in [0.15, 0.2) is 0 Å². The van der Waals surface area contributed by atoms with Crippen molar-refractivity contribution < 1.29 is 9.90 Å². The largest absolute Gasteiger partial charge is 0.478 e. The Hall–Kier alpha value is -3.14. The van der Waals surface area contributed by atoms with Crippen LogP contribution in [0.1, 0.15) is 15.9 Å². The molecule has 0 saturated heterocycles. The fourth-order valence-electron chi connectivity index (χ4n) is 2.48. The normalized spacial score (nSPS) is 10.4. The monoisotopic (exact) mass is 305 g/mol. The molecular formula is C19H15NO3. The number of pyridine rings is 1. The summed E-state index contributed by atoms with van der Waals surface area (Å²) in [6.07, 6.45) is 0. The lowest BCUT2D eigenvalue weighted by atomic mass is 10.1. The van der Waals surface area contributed by atoms with E-state index < -0.39 is 5.97 Å². The minimum atomic E-state index is -0.960. The average molecular weight is 305 g/mol. The van der Waals surface area contributed by atoms with Crippen molar-refractivity contribution in [2.75, 3.05) is 0 Å². The molecule has 114 valence electrons. The zero-order valence-corrected chi connectivity index (χ0v) is 12.3. The van der Waals surface area contributed by atoms with Gasteiger partial charge < -0.3 is 9.67 Å². The summed E-state index contributed by atoms with van der Waals surface area (Å²) in [6.45, 7) is 0.393. The average Bonchev–Trinajstić information content (AvgIpc) is 2.58. The van der Waals surface area contributed by atoms with Crippen LogP contribution in [-0.2, 0) is 6.54 Å². The minimum absolute atomic E-state index is 0.0892. The van der Waals surface area contributed by atoms with E-state index in [0.717, 1.165) is 16.8 Å². The zero-order valence-electron chi connectivity index (χ0n) is 12.3. The van der Waals surface area contributed by atoms with Crippen LogP contribution in [0.5, 0.6) is 0 Å². The standard InChI is InChI=1S/C19H15NO3/c21-18-8-4-7-17(15-5-2-1-3-6-15)20(18)13-14-9-11-16(12-10-14)19(22)23/h1-12H,13H2,(H,22,23). The molecule has 0 spiro atoms. The van der Waals surface area contributed by atoms with Gasteiger partial charge in [-0.1, -0.05) is 48.5 Å². The van der Waals surface area contributed by atoms with Crippen molar-refractivity contribution >= 4 is 5.97 Å². The van der Waals surface area contributed by atoms with Crippen LogP contribution in [0, 0.1) is 0 Å². The number of nitrogens with zero attached hydrogens (tertiary/aromatic N) is 1. The fourth-order valence-corrected chi connectivity index (χ4v) is 2.48. The highest BCUT2D eigenvalue weighted by Gasteiger charge is 2.07. The molecule has 1 N–H and O–H groups in total. The zero-order chi connectivity index (χ0) is 16.2. The van der Waals surface area contributed by atoms with Crippen molar-refractivity contribution in [1.82, 2.24) is 4.57 Å². The SMILES string of the molecule is O=C(O)c1ccc(Cn2c(-c3ccccc3)cccc2=O)cc1. The van der Waals surface area contributed by atoms with Gasteiger partial charge in [-0.25, -0.2) is 4.79 Å². The molecule has 2 aromatic carbocycles. The highest BCUT2D eigenvalue weighted by atomic mass is 16.4. The highest BCUT2D eigenvalue weighted by Crippen LogP contribution is 2.18. The van der Waals surface area contributed by atoms with E-state index >= 15 is 0 Å². The minimum Gasteiger partial charge on any atom is -0.478 e. The first-order valence-corrected chi connectivity index (χ1v) is 7.22. The third-order valence-electron chi connectivity index (χ3n) is 3.66. The van der Waals surface area contributed by atoms with Gasteiger partial charge in [0.2, 0.25) is 0 Å². The van der Waals surface area contributed by atoms with Gasteiger partial charge in [-0.05, 0) is 29.3 Å². The van der Waals surface area contributed by atoms with Gasteiger partial charge in [-0.15, -0.1) is 0 Å². The van der Waals surface area contributed by atoms with E-state index in [1.807, 2.05) is 36.4 Å². The van der Waals surface area contributed by atoms with E-state index in [9.17, 15) is 9.59 Å². The number of carboxylic acids is 1. The molecule has 4 nitrogen and oxygen atoms in total. The topological polar surface area (TPSA) is 59.3 Å². The van der Waals surface area contributed by atoms with Crippen molar-refractivity contribution in [2.24, 2.45) is 0 Å². The number of aromatic carboxylic acids is 1. The predicted molar refractivity (Wildman–Crippen MR) is 88.6 cm³/mol. The Labute approximate surface area is 133 Å². The van der Waals surface area contributed by atoms with E-state index in [1.54, 1.807) is 34.9 Å². The number of carboxylic acid groups (broad SMARTS) is 1. The summed E-state index contributed by atoms with van der Waals surface area (Å²) in [7, 11) is 0. The Morgan fingerprint density at radius 3 is 2.22 bits per heavy atom. The maximum atomic E-state index is 12.3. The first kappa shape index (κ1) is 14.8. The molecule has 0 amide bonds. The van der Waals surface area contributed by atoms with Gasteiger partial charge in [-0.3, -0.25) is 4.79 Å². The molecular weight excluding hydrogens is 290 g/mol. The van der Waals surface area contributed by atoms with Crippen molar-refractivity contribution in [3.63, 3.8) is 0 Å². The predicted octanol–water partition coefficient (Wildman–Crippen LogP) is 3.26. The quantitative estimate of drug-likeness (QED) is 0.805. The van der Waals surface area contributed by atoms with Gasteiger partial charge in [0, 0.05) is 6.07 Å². The Morgan fingerprint density at radius 1 is 0.870 bits per heavy atom. The van der Waals surface area contributed by atoms with E-state index in [4.69, 9.17) is 5.11 Å². The summed E-state index contributed by atoms with van der Waals surface area (Å²) >= 11 is 0. The molecule has 0 aliphatic rings. The molecule has 0 saturated carbocycles. The van der Waals surface area contributed by atoms with Crippen molar-refractivity contribution in [2.45, 2.75) is 6.54 Å². The summed E-state index contributed by atoms with van der Waals surface area (Å²) in [5, 5.41) is 8.95. The number of hydrogen-bond donors (Lipinski definition) is 1. The van der Waals surface area contributed by atoms with E-state index in [-0.39, 0.29) is 11.1 Å². The second-order valence-electron chi connectivity index (χ2n) is 5.20. The van der Waals surface area contributed by atoms with Crippen molar-refractivity contribution in [1.29, 1.82) is 0 Å². The van der Waals surface area contributed by atoms with Crippen LogP contribution in [-0.4, -0.2) is 15.6 Å². The highest BCUT2D eigenvalue weighted by molar-refractivity contribution is 5.87. The van der Waals surface area contributed by atoms with Gasteiger partial charge in [0.1, 0.15) is 0 Å². The summed E-state index contributed by atoms with van der Waals surface area (Å²) in [5.74, 6) is -0.960. The van der Waals surface area contributed by atoms with Crippen molar-refractivity contribution in [3.8, 4) is 11.3 Å². The Morgan fingerprint density at radius 2 is 1.57 bits per heavy atom. The van der Waals surface area contributed by atoms with Crippen LogP contribution in [0.25, 0.3) is 11.3 Å². The van der Waals surface area contributed by atoms with Crippen LogP contribution in [0.3, 0.4) is 0 Å². The smallest absolute Gasteiger partial charge is 0.335 e. The molecule has 0 aliphatic heterocycles. The second kappa shape index (κ2) is 6.32. The Bertz CT molecular complexity index is 880. The van der Waals surface area contributed by atoms with E-state index in [1.165, 1.54) is 6.07 Å². The summed E-state index contributed by atoms with van der Waals surface area (Å²) in [4.78, 5) is 23.2. The third kappa shape index (κ3) is 3.21. The maximum absolute atomic E-state index is 12.3. The lowest BCUT2D eigenvalue weighted by Gasteiger charge is -2.13. The molecule has 23 heavy (non-hydrogen) atoms. The molecule has 0 radical (unpaired) electrons. The summed E-state index contributed by atoms with van der Waals surface area (Å²) in [6, 6.07) is 21.4. The lowest BCUT2D eigenvalue weighted by Crippen LogP contribution is -2.21. The third-order valence-corrected chi connectivity index (χ3v) is 3.66. The van der Waals surface area contributed by atoms with Gasteiger partial charge in [0.25, 0.3) is 5.56 Å². The number of carbonyl (C=O) groups is 1. The van der Waals surface area contributed by atoms with Crippen LogP contribution in [0.2, 0.25) is 0 Å². The number of hydrogen-bond acceptors (Lipinski definition) is 2. The van der Waals surface area contributed by atoms with Gasteiger partial charge in [0.05, 0.1) is 17.8 Å². The molecule has 0 bridgehead atoms. The van der Waals surface area contributed by atoms with Crippen LogP contribution in [0.15, 0.2) is 77.6 Å². The van der Waals surface area contributed by atoms with Crippen LogP contribution >= 0.6 is 0 Å². The molecule has 4 heteroatoms. The fraction of sp³-hybridized carbons (Fsp3) is 0.0526. The second-order valence-corrected chi connectivity index (χ2v) is 5.20. The molecule has 1 heterocycles. The van der Waals surface area contributed by atoms with Crippen LogP contribution < -0.4 is 5.56 Å². The molecule has 1 aromatic heterocycles. The van der Waals surface area contributed by atoms with E-state index in [0.29, 0.717) is 6.54 Å². The number of rotatable bonds is 4. The number of aromatic nitrogens is 1.